The van der Waals surface area contributed by atoms with E-state index in [9.17, 15) is 9.59 Å². The number of benzene rings is 2. The van der Waals surface area contributed by atoms with Crippen molar-refractivity contribution in [2.24, 2.45) is 0 Å². The van der Waals surface area contributed by atoms with Gasteiger partial charge in [0.25, 0.3) is 0 Å². The van der Waals surface area contributed by atoms with Gasteiger partial charge in [-0.2, -0.15) is 0 Å². The predicted octanol–water partition coefficient (Wildman–Crippen LogP) is 5.36. The fourth-order valence-corrected chi connectivity index (χ4v) is 5.19. The van der Waals surface area contributed by atoms with E-state index in [1.54, 1.807) is 19.2 Å². The van der Waals surface area contributed by atoms with Crippen LogP contribution in [0.5, 0.6) is 0 Å². The number of ether oxygens (including phenoxy) is 1. The van der Waals surface area contributed by atoms with Gasteiger partial charge in [-0.3, -0.25) is 4.79 Å². The van der Waals surface area contributed by atoms with Crippen LogP contribution in [-0.4, -0.2) is 17.1 Å². The molecule has 0 saturated heterocycles. The average Bonchev–Trinajstić information content (AvgIpc) is 2.77. The molecule has 0 bridgehead atoms. The van der Waals surface area contributed by atoms with Crippen LogP contribution in [0, 0.1) is 0 Å². The molecular formula is C28H27NO3. The van der Waals surface area contributed by atoms with Crippen LogP contribution in [0.4, 0.5) is 0 Å². The first-order valence-electron chi connectivity index (χ1n) is 11.3. The van der Waals surface area contributed by atoms with E-state index < -0.39 is 5.97 Å². The first-order valence-corrected chi connectivity index (χ1v) is 11.3. The van der Waals surface area contributed by atoms with Crippen molar-refractivity contribution in [1.29, 1.82) is 0 Å². The van der Waals surface area contributed by atoms with Crippen molar-refractivity contribution in [1.82, 2.24) is 4.57 Å². The Hall–Kier alpha value is -3.40. The lowest BCUT2D eigenvalue weighted by Crippen LogP contribution is -2.46. The Bertz CT molecular complexity index is 1270. The van der Waals surface area contributed by atoms with Crippen molar-refractivity contribution in [3.8, 4) is 11.3 Å². The molecule has 0 unspecified atom stereocenters. The number of esters is 1. The summed E-state index contributed by atoms with van der Waals surface area (Å²) in [6, 6.07) is 16.5. The highest BCUT2D eigenvalue weighted by Gasteiger charge is 2.43. The SMILES string of the molecule is C=Cc1cc2c(cc1Cc1ccccc1)CC1(CCC1)n1cc(C(=O)OCC)c(=O)cc1-2. The Kier molecular flexibility index (Phi) is 5.09. The Morgan fingerprint density at radius 1 is 1.19 bits per heavy atom. The summed E-state index contributed by atoms with van der Waals surface area (Å²) in [4.78, 5) is 25.2. The molecule has 0 N–H and O–H groups in total. The number of rotatable bonds is 5. The normalized spacial score (nSPS) is 15.4. The minimum absolute atomic E-state index is 0.0724. The molecule has 2 aliphatic rings. The molecule has 1 aliphatic carbocycles. The van der Waals surface area contributed by atoms with Crippen LogP contribution in [0.15, 0.2) is 66.1 Å². The molecular weight excluding hydrogens is 398 g/mol. The zero-order valence-corrected chi connectivity index (χ0v) is 18.4. The molecule has 0 amide bonds. The summed E-state index contributed by atoms with van der Waals surface area (Å²) in [6.07, 6.45) is 8.61. The highest BCUT2D eigenvalue weighted by atomic mass is 16.5. The summed E-state index contributed by atoms with van der Waals surface area (Å²) in [5.41, 5.74) is 6.56. The van der Waals surface area contributed by atoms with E-state index in [0.717, 1.165) is 48.9 Å². The van der Waals surface area contributed by atoms with Crippen LogP contribution < -0.4 is 5.43 Å². The van der Waals surface area contributed by atoms with Gasteiger partial charge in [0.2, 0.25) is 0 Å². The van der Waals surface area contributed by atoms with Gasteiger partial charge in [-0.15, -0.1) is 0 Å². The molecule has 1 aliphatic heterocycles. The fraction of sp³-hybridized carbons (Fsp3) is 0.286. The van der Waals surface area contributed by atoms with Crippen molar-refractivity contribution < 1.29 is 9.53 Å². The van der Waals surface area contributed by atoms with Crippen molar-refractivity contribution >= 4 is 12.0 Å². The van der Waals surface area contributed by atoms with Gasteiger partial charge in [0.15, 0.2) is 5.43 Å². The number of carbonyl (C=O) groups is 1. The molecule has 5 rings (SSSR count). The lowest BCUT2D eigenvalue weighted by molar-refractivity contribution is 0.0521. The molecule has 162 valence electrons. The van der Waals surface area contributed by atoms with Gasteiger partial charge in [-0.05, 0) is 67.3 Å². The van der Waals surface area contributed by atoms with E-state index in [0.29, 0.717) is 0 Å². The fourth-order valence-electron chi connectivity index (χ4n) is 5.19. The first-order chi connectivity index (χ1) is 15.5. The maximum atomic E-state index is 12.9. The van der Waals surface area contributed by atoms with E-state index in [2.05, 4.69) is 47.5 Å². The third-order valence-electron chi connectivity index (χ3n) is 6.96. The molecule has 0 atom stereocenters. The van der Waals surface area contributed by atoms with Crippen molar-refractivity contribution in [3.63, 3.8) is 0 Å². The smallest absolute Gasteiger partial charge is 0.343 e. The van der Waals surface area contributed by atoms with Crippen LogP contribution in [-0.2, 0) is 23.1 Å². The summed E-state index contributed by atoms with van der Waals surface area (Å²) in [6.45, 7) is 6.04. The second kappa shape index (κ2) is 7.94. The second-order valence-corrected chi connectivity index (χ2v) is 8.86. The maximum absolute atomic E-state index is 12.9. The third-order valence-corrected chi connectivity index (χ3v) is 6.96. The largest absolute Gasteiger partial charge is 0.462 e. The molecule has 2 aromatic carbocycles. The number of nitrogens with zero attached hydrogens (tertiary/aromatic N) is 1. The van der Waals surface area contributed by atoms with E-state index in [-0.39, 0.29) is 23.1 Å². The monoisotopic (exact) mass is 425 g/mol. The molecule has 1 aromatic heterocycles. The molecule has 32 heavy (non-hydrogen) atoms. The number of hydrogen-bond donors (Lipinski definition) is 0. The van der Waals surface area contributed by atoms with Gasteiger partial charge in [0.05, 0.1) is 12.3 Å². The van der Waals surface area contributed by atoms with E-state index >= 15 is 0 Å². The number of pyridine rings is 1. The third kappa shape index (κ3) is 3.31. The number of aromatic nitrogens is 1. The Labute approximate surface area is 188 Å². The zero-order valence-electron chi connectivity index (χ0n) is 18.4. The van der Waals surface area contributed by atoms with Crippen molar-refractivity contribution in [2.45, 2.75) is 44.6 Å². The molecule has 1 fully saturated rings. The van der Waals surface area contributed by atoms with Gasteiger partial charge in [-0.1, -0.05) is 49.1 Å². The molecule has 2 heterocycles. The van der Waals surface area contributed by atoms with Crippen LogP contribution in [0.25, 0.3) is 17.3 Å². The summed E-state index contributed by atoms with van der Waals surface area (Å²) in [5.74, 6) is -0.543. The van der Waals surface area contributed by atoms with Gasteiger partial charge in [0, 0.05) is 23.4 Å². The predicted molar refractivity (Wildman–Crippen MR) is 127 cm³/mol. The summed E-state index contributed by atoms with van der Waals surface area (Å²) >= 11 is 0. The highest BCUT2D eigenvalue weighted by molar-refractivity contribution is 5.89. The first kappa shape index (κ1) is 20.5. The van der Waals surface area contributed by atoms with E-state index in [1.807, 2.05) is 12.1 Å². The summed E-state index contributed by atoms with van der Waals surface area (Å²) in [5, 5.41) is 0. The number of carbonyl (C=O) groups excluding carboxylic acids is 1. The Morgan fingerprint density at radius 3 is 2.62 bits per heavy atom. The Balaban J connectivity index is 1.66. The minimum Gasteiger partial charge on any atom is -0.462 e. The quantitative estimate of drug-likeness (QED) is 0.517. The van der Waals surface area contributed by atoms with Crippen molar-refractivity contribution in [3.05, 3.63) is 99.3 Å². The van der Waals surface area contributed by atoms with Crippen LogP contribution in [0.2, 0.25) is 0 Å². The summed E-state index contributed by atoms with van der Waals surface area (Å²) in [7, 11) is 0. The lowest BCUT2D eigenvalue weighted by atomic mass is 9.69. The number of fused-ring (bicyclic) bond motifs is 4. The lowest BCUT2D eigenvalue weighted by Gasteiger charge is -2.49. The standard InChI is InChI=1S/C28H27NO3/c1-3-20-15-23-22(14-21(20)13-19-9-6-5-7-10-19)17-28(11-8-12-28)29-18-24(27(31)32-4-2)26(30)16-25(23)29/h3,5-7,9-10,14-16,18H,1,4,8,11-13,17H2,2H3. The van der Waals surface area contributed by atoms with Crippen LogP contribution >= 0.6 is 0 Å². The molecule has 4 nitrogen and oxygen atoms in total. The van der Waals surface area contributed by atoms with Crippen LogP contribution in [0.3, 0.4) is 0 Å². The van der Waals surface area contributed by atoms with Gasteiger partial charge < -0.3 is 9.30 Å². The van der Waals surface area contributed by atoms with Gasteiger partial charge >= 0.3 is 5.97 Å². The van der Waals surface area contributed by atoms with Gasteiger partial charge in [-0.25, -0.2) is 4.79 Å². The van der Waals surface area contributed by atoms with Crippen LogP contribution in [0.1, 0.15) is 58.8 Å². The molecule has 0 radical (unpaired) electrons. The molecule has 1 saturated carbocycles. The van der Waals surface area contributed by atoms with Gasteiger partial charge in [0.1, 0.15) is 5.56 Å². The molecule has 3 aromatic rings. The minimum atomic E-state index is -0.543. The summed E-state index contributed by atoms with van der Waals surface area (Å²) < 4.78 is 7.31. The topological polar surface area (TPSA) is 48.3 Å². The molecule has 1 spiro atoms. The second-order valence-electron chi connectivity index (χ2n) is 8.86. The highest BCUT2D eigenvalue weighted by Crippen LogP contribution is 2.49. The van der Waals surface area contributed by atoms with E-state index in [1.165, 1.54) is 16.7 Å². The van der Waals surface area contributed by atoms with Crippen molar-refractivity contribution in [2.75, 3.05) is 6.61 Å². The Morgan fingerprint density at radius 2 is 1.97 bits per heavy atom. The van der Waals surface area contributed by atoms with E-state index in [4.69, 9.17) is 4.74 Å². The molecule has 4 heteroatoms. The average molecular weight is 426 g/mol. The maximum Gasteiger partial charge on any atom is 0.343 e. The number of hydrogen-bond acceptors (Lipinski definition) is 3. The zero-order chi connectivity index (χ0) is 22.3.